The van der Waals surface area contributed by atoms with Gasteiger partial charge in [0.15, 0.2) is 18.2 Å². The van der Waals surface area contributed by atoms with Gasteiger partial charge in [0, 0.05) is 7.05 Å². The van der Waals surface area contributed by atoms with Gasteiger partial charge in [-0.15, -0.1) is 10.2 Å². The fourth-order valence-corrected chi connectivity index (χ4v) is 1.92. The van der Waals surface area contributed by atoms with E-state index in [0.29, 0.717) is 12.1 Å². The van der Waals surface area contributed by atoms with Gasteiger partial charge < -0.3 is 19.4 Å². The first-order chi connectivity index (χ1) is 9.54. The number of carbonyl (C=O) groups is 1. The Kier molecular flexibility index (Phi) is 4.16. The largest absolute Gasteiger partial charge is 0.489 e. The third kappa shape index (κ3) is 2.71. The zero-order valence-electron chi connectivity index (χ0n) is 11.1. The Morgan fingerprint density at radius 3 is 2.75 bits per heavy atom. The first kappa shape index (κ1) is 14.2. The van der Waals surface area contributed by atoms with E-state index < -0.39 is 13.2 Å². The number of benzene rings is 1. The van der Waals surface area contributed by atoms with Crippen LogP contribution >= 0.6 is 0 Å². The minimum atomic E-state index is -1.73. The Morgan fingerprint density at radius 2 is 2.20 bits per heavy atom. The molecule has 1 heterocycles. The highest BCUT2D eigenvalue weighted by Crippen LogP contribution is 2.22. The molecule has 1 aromatic heterocycles. The highest BCUT2D eigenvalue weighted by Gasteiger charge is 2.21. The number of aldehydes is 1. The van der Waals surface area contributed by atoms with Crippen molar-refractivity contribution < 1.29 is 19.6 Å². The lowest BCUT2D eigenvalue weighted by Crippen LogP contribution is -2.33. The highest BCUT2D eigenvalue weighted by atomic mass is 16.5. The van der Waals surface area contributed by atoms with Crippen LogP contribution in [-0.4, -0.2) is 38.2 Å². The van der Waals surface area contributed by atoms with Crippen LogP contribution in [0.3, 0.4) is 0 Å². The number of carbonyl (C=O) groups excluding carboxylic acids is 1. The van der Waals surface area contributed by atoms with Crippen molar-refractivity contribution in [1.29, 1.82) is 0 Å². The van der Waals surface area contributed by atoms with Gasteiger partial charge in [0.1, 0.15) is 12.1 Å². The van der Waals surface area contributed by atoms with Gasteiger partial charge in [0.05, 0.1) is 5.56 Å². The van der Waals surface area contributed by atoms with Gasteiger partial charge in [0.25, 0.3) is 0 Å². The van der Waals surface area contributed by atoms with Crippen LogP contribution in [0.2, 0.25) is 0 Å². The van der Waals surface area contributed by atoms with Gasteiger partial charge in [-0.2, -0.15) is 0 Å². The molecule has 2 rings (SSSR count). The average Bonchev–Trinajstić information content (AvgIpc) is 2.84. The molecule has 20 heavy (non-hydrogen) atoms. The molecule has 0 bridgehead atoms. The summed E-state index contributed by atoms with van der Waals surface area (Å²) in [4.78, 5) is 11.2. The van der Waals surface area contributed by atoms with Crippen molar-refractivity contribution in [2.45, 2.75) is 13.0 Å². The minimum Gasteiger partial charge on any atom is -0.482 e. The number of aromatic nitrogens is 3. The zero-order chi connectivity index (χ0) is 14.7. The van der Waals surface area contributed by atoms with Crippen molar-refractivity contribution in [3.05, 3.63) is 35.9 Å². The lowest BCUT2D eigenvalue weighted by molar-refractivity contribution is 0.111. The third-order valence-electron chi connectivity index (χ3n) is 2.91. The zero-order valence-corrected chi connectivity index (χ0v) is 11.1. The van der Waals surface area contributed by atoms with Gasteiger partial charge in [0.2, 0.25) is 0 Å². The van der Waals surface area contributed by atoms with Crippen molar-refractivity contribution in [1.82, 2.24) is 14.8 Å². The standard InChI is InChI=1S/C12H14BN3O4/c1-8(12-15-14-7-16(12)2)20-11-5-3-4-10(13(18)19)9(11)6-17/h3-8,18-19H,1-2H3. The summed E-state index contributed by atoms with van der Waals surface area (Å²) in [5.41, 5.74) is 0.208. The summed E-state index contributed by atoms with van der Waals surface area (Å²) in [6.45, 7) is 1.76. The van der Waals surface area contributed by atoms with E-state index in [9.17, 15) is 14.8 Å². The summed E-state index contributed by atoms with van der Waals surface area (Å²) in [5, 5.41) is 26.2. The number of nitrogens with zero attached hydrogens (tertiary/aromatic N) is 3. The molecular formula is C12H14BN3O4. The molecule has 2 N–H and O–H groups in total. The summed E-state index contributed by atoms with van der Waals surface area (Å²) < 4.78 is 7.38. The van der Waals surface area contributed by atoms with E-state index in [4.69, 9.17) is 4.74 Å². The van der Waals surface area contributed by atoms with Gasteiger partial charge in [-0.05, 0) is 18.5 Å². The summed E-state index contributed by atoms with van der Waals surface area (Å²) >= 11 is 0. The van der Waals surface area contributed by atoms with E-state index in [2.05, 4.69) is 10.2 Å². The predicted octanol–water partition coefficient (Wildman–Crippen LogP) is -0.553. The molecule has 0 spiro atoms. The van der Waals surface area contributed by atoms with Crippen molar-refractivity contribution in [3.8, 4) is 5.75 Å². The minimum absolute atomic E-state index is 0.0997. The molecule has 0 fully saturated rings. The van der Waals surface area contributed by atoms with E-state index in [1.54, 1.807) is 37.0 Å². The van der Waals surface area contributed by atoms with E-state index >= 15 is 0 Å². The molecule has 1 unspecified atom stereocenters. The van der Waals surface area contributed by atoms with Crippen LogP contribution in [-0.2, 0) is 7.05 Å². The maximum absolute atomic E-state index is 11.2. The van der Waals surface area contributed by atoms with Crippen LogP contribution in [0.1, 0.15) is 29.2 Å². The Hall–Kier alpha value is -2.19. The SMILES string of the molecule is CC(Oc1cccc(B(O)O)c1C=O)c1nncn1C. The summed E-state index contributed by atoms with van der Waals surface area (Å²) in [7, 11) is 0.0490. The highest BCUT2D eigenvalue weighted by molar-refractivity contribution is 6.60. The second-order valence-electron chi connectivity index (χ2n) is 4.31. The number of ether oxygens (including phenoxy) is 1. The van der Waals surface area contributed by atoms with Crippen LogP contribution in [0, 0.1) is 0 Å². The van der Waals surface area contributed by atoms with E-state index in [1.165, 1.54) is 6.07 Å². The molecule has 0 radical (unpaired) electrons. The van der Waals surface area contributed by atoms with Crippen molar-refractivity contribution in [2.24, 2.45) is 7.05 Å². The monoisotopic (exact) mass is 275 g/mol. The second kappa shape index (κ2) is 5.85. The molecule has 0 saturated carbocycles. The summed E-state index contributed by atoms with van der Waals surface area (Å²) in [6.07, 6.45) is 1.64. The van der Waals surface area contributed by atoms with Crippen molar-refractivity contribution in [2.75, 3.05) is 0 Å². The molecule has 0 aliphatic carbocycles. The predicted molar refractivity (Wildman–Crippen MR) is 71.7 cm³/mol. The fraction of sp³-hybridized carbons (Fsp3) is 0.250. The molecule has 0 aliphatic heterocycles. The average molecular weight is 275 g/mol. The quantitative estimate of drug-likeness (QED) is 0.561. The van der Waals surface area contributed by atoms with E-state index in [1.807, 2.05) is 0 Å². The van der Waals surface area contributed by atoms with Crippen LogP contribution < -0.4 is 10.2 Å². The first-order valence-electron chi connectivity index (χ1n) is 5.99. The van der Waals surface area contributed by atoms with E-state index in [-0.39, 0.29) is 16.8 Å². The number of rotatable bonds is 5. The van der Waals surface area contributed by atoms with Crippen molar-refractivity contribution >= 4 is 18.9 Å². The number of hydrogen-bond acceptors (Lipinski definition) is 6. The molecule has 8 heteroatoms. The first-order valence-corrected chi connectivity index (χ1v) is 5.99. The van der Waals surface area contributed by atoms with Crippen LogP contribution in [0.25, 0.3) is 0 Å². The van der Waals surface area contributed by atoms with Crippen molar-refractivity contribution in [3.63, 3.8) is 0 Å². The van der Waals surface area contributed by atoms with Crippen LogP contribution in [0.5, 0.6) is 5.75 Å². The summed E-state index contributed by atoms with van der Waals surface area (Å²) in [5.74, 6) is 0.859. The van der Waals surface area contributed by atoms with Crippen LogP contribution in [0.15, 0.2) is 24.5 Å². The third-order valence-corrected chi connectivity index (χ3v) is 2.91. The van der Waals surface area contributed by atoms with Gasteiger partial charge in [-0.25, -0.2) is 0 Å². The lowest BCUT2D eigenvalue weighted by Gasteiger charge is -2.16. The Bertz CT molecular complexity index is 614. The molecule has 104 valence electrons. The second-order valence-corrected chi connectivity index (χ2v) is 4.31. The maximum atomic E-state index is 11.2. The topological polar surface area (TPSA) is 97.5 Å². The van der Waals surface area contributed by atoms with Gasteiger partial charge in [-0.1, -0.05) is 12.1 Å². The van der Waals surface area contributed by atoms with E-state index in [0.717, 1.165) is 0 Å². The Labute approximate surface area is 116 Å². The fourth-order valence-electron chi connectivity index (χ4n) is 1.92. The molecule has 0 amide bonds. The molecule has 0 saturated heterocycles. The smallest absolute Gasteiger partial charge is 0.482 e. The molecule has 2 aromatic rings. The van der Waals surface area contributed by atoms with Gasteiger partial charge >= 0.3 is 7.12 Å². The Balaban J connectivity index is 2.32. The number of hydrogen-bond donors (Lipinski definition) is 2. The number of aryl methyl sites for hydroxylation is 1. The molecule has 1 atom stereocenters. The summed E-state index contributed by atoms with van der Waals surface area (Å²) in [6, 6.07) is 4.62. The molecule has 7 nitrogen and oxygen atoms in total. The Morgan fingerprint density at radius 1 is 1.45 bits per heavy atom. The molecule has 0 aliphatic rings. The van der Waals surface area contributed by atoms with Gasteiger partial charge in [-0.3, -0.25) is 4.79 Å². The maximum Gasteiger partial charge on any atom is 0.489 e. The van der Waals surface area contributed by atoms with Crippen LogP contribution in [0.4, 0.5) is 0 Å². The molecule has 1 aromatic carbocycles. The normalized spacial score (nSPS) is 12.0. The molecular weight excluding hydrogens is 261 g/mol. The lowest BCUT2D eigenvalue weighted by atomic mass is 9.77.